The van der Waals surface area contributed by atoms with Gasteiger partial charge < -0.3 is 4.18 Å². The van der Waals surface area contributed by atoms with Crippen molar-refractivity contribution in [3.05, 3.63) is 53.7 Å². The van der Waals surface area contributed by atoms with Crippen LogP contribution in [-0.4, -0.2) is 13.4 Å². The van der Waals surface area contributed by atoms with E-state index in [2.05, 4.69) is 4.98 Å². The van der Waals surface area contributed by atoms with Crippen molar-refractivity contribution in [1.82, 2.24) is 4.98 Å². The highest BCUT2D eigenvalue weighted by Gasteiger charge is 2.17. The van der Waals surface area contributed by atoms with Gasteiger partial charge in [-0.2, -0.15) is 13.7 Å². The van der Waals surface area contributed by atoms with Crippen molar-refractivity contribution in [2.75, 3.05) is 0 Å². The summed E-state index contributed by atoms with van der Waals surface area (Å²) in [4.78, 5) is 3.81. The van der Waals surface area contributed by atoms with Crippen LogP contribution in [0.25, 0.3) is 0 Å². The largest absolute Gasteiger partial charge is 0.358 e. The zero-order valence-electron chi connectivity index (χ0n) is 10.1. The molecular weight excluding hydrogens is 264 g/mol. The molecule has 0 spiro atoms. The van der Waals surface area contributed by atoms with Gasteiger partial charge >= 0.3 is 10.1 Å². The third-order valence-corrected chi connectivity index (χ3v) is 3.61. The van der Waals surface area contributed by atoms with Crippen LogP contribution in [0.4, 0.5) is 0 Å². The lowest BCUT2D eigenvalue weighted by atomic mass is 10.2. The predicted octanol–water partition coefficient (Wildman–Crippen LogP) is 2.03. The van der Waals surface area contributed by atoms with Crippen LogP contribution in [0.5, 0.6) is 5.88 Å². The molecule has 2 rings (SSSR count). The first-order valence-corrected chi connectivity index (χ1v) is 6.79. The number of aryl methyl sites for hydroxylation is 1. The molecule has 0 atom stereocenters. The highest BCUT2D eigenvalue weighted by atomic mass is 32.2. The molecule has 0 saturated carbocycles. The molecule has 0 aliphatic rings. The quantitative estimate of drug-likeness (QED) is 0.800. The predicted molar refractivity (Wildman–Crippen MR) is 67.9 cm³/mol. The summed E-state index contributed by atoms with van der Waals surface area (Å²) in [5.41, 5.74) is 1.23. The third kappa shape index (κ3) is 3.09. The van der Waals surface area contributed by atoms with E-state index in [9.17, 15) is 8.42 Å². The van der Waals surface area contributed by atoms with Gasteiger partial charge in [0, 0.05) is 12.3 Å². The summed E-state index contributed by atoms with van der Waals surface area (Å²) >= 11 is 0. The molecule has 0 aliphatic carbocycles. The Morgan fingerprint density at radius 2 is 1.89 bits per heavy atom. The molecule has 96 valence electrons. The Morgan fingerprint density at radius 1 is 1.21 bits per heavy atom. The number of aromatic nitrogens is 1. The Kier molecular flexibility index (Phi) is 3.49. The number of hydrogen-bond acceptors (Lipinski definition) is 5. The first-order valence-electron chi connectivity index (χ1n) is 5.38. The first kappa shape index (κ1) is 13.1. The molecule has 0 unspecified atom stereocenters. The average Bonchev–Trinajstić information content (AvgIpc) is 2.39. The van der Waals surface area contributed by atoms with Gasteiger partial charge in [-0.1, -0.05) is 17.7 Å². The van der Waals surface area contributed by atoms with Crippen molar-refractivity contribution < 1.29 is 12.6 Å². The number of benzene rings is 1. The van der Waals surface area contributed by atoms with Crippen LogP contribution < -0.4 is 4.18 Å². The number of rotatable bonds is 3. The van der Waals surface area contributed by atoms with Crippen molar-refractivity contribution in [1.29, 1.82) is 5.26 Å². The van der Waals surface area contributed by atoms with Crippen molar-refractivity contribution in [2.45, 2.75) is 11.8 Å². The Morgan fingerprint density at radius 3 is 2.53 bits per heavy atom. The molecule has 0 saturated heterocycles. The maximum atomic E-state index is 12.0. The lowest BCUT2D eigenvalue weighted by Crippen LogP contribution is -2.10. The van der Waals surface area contributed by atoms with E-state index < -0.39 is 10.1 Å². The van der Waals surface area contributed by atoms with Crippen LogP contribution in [0.2, 0.25) is 0 Å². The first-order chi connectivity index (χ1) is 9.01. The smallest absolute Gasteiger partial charge is 0.340 e. The van der Waals surface area contributed by atoms with E-state index in [4.69, 9.17) is 9.44 Å². The van der Waals surface area contributed by atoms with Gasteiger partial charge in [-0.3, -0.25) is 0 Å². The number of pyridine rings is 1. The zero-order valence-corrected chi connectivity index (χ0v) is 10.9. The fraction of sp³-hybridized carbons (Fsp3) is 0.0769. The highest BCUT2D eigenvalue weighted by molar-refractivity contribution is 7.87. The summed E-state index contributed by atoms with van der Waals surface area (Å²) in [6.07, 6.45) is 1.32. The van der Waals surface area contributed by atoms with Crippen LogP contribution in [0.15, 0.2) is 47.5 Å². The molecule has 0 bridgehead atoms. The Balaban J connectivity index is 2.31. The second-order valence-corrected chi connectivity index (χ2v) is 5.39. The second-order valence-electron chi connectivity index (χ2n) is 3.85. The maximum Gasteiger partial charge on any atom is 0.340 e. The molecule has 1 aromatic heterocycles. The molecule has 1 aromatic carbocycles. The number of nitrogens with zero attached hydrogens (tertiary/aromatic N) is 2. The standard InChI is InChI=1S/C13H10N2O3S/c1-10-2-4-12(5-3-10)19(16,17)18-13-8-11(9-14)6-7-15-13/h2-8H,1H3. The van der Waals surface area contributed by atoms with E-state index in [1.165, 1.54) is 30.5 Å². The van der Waals surface area contributed by atoms with Crippen LogP contribution in [0.1, 0.15) is 11.1 Å². The lowest BCUT2D eigenvalue weighted by Gasteiger charge is -2.06. The molecule has 0 N–H and O–H groups in total. The van der Waals surface area contributed by atoms with Crippen LogP contribution in [-0.2, 0) is 10.1 Å². The van der Waals surface area contributed by atoms with Gasteiger partial charge in [0.15, 0.2) is 0 Å². The van der Waals surface area contributed by atoms with Gasteiger partial charge in [0.25, 0.3) is 0 Å². The zero-order chi connectivity index (χ0) is 13.9. The Labute approximate surface area is 111 Å². The van der Waals surface area contributed by atoms with Crippen LogP contribution >= 0.6 is 0 Å². The van der Waals surface area contributed by atoms with E-state index in [1.807, 2.05) is 13.0 Å². The molecule has 0 radical (unpaired) electrons. The summed E-state index contributed by atoms with van der Waals surface area (Å²) in [5, 5.41) is 8.73. The summed E-state index contributed by atoms with van der Waals surface area (Å²) < 4.78 is 28.8. The van der Waals surface area contributed by atoms with E-state index in [-0.39, 0.29) is 16.3 Å². The minimum absolute atomic E-state index is 0.0438. The number of hydrogen-bond donors (Lipinski definition) is 0. The summed E-state index contributed by atoms with van der Waals surface area (Å²) in [6.45, 7) is 1.86. The van der Waals surface area contributed by atoms with Crippen molar-refractivity contribution in [3.8, 4) is 11.9 Å². The van der Waals surface area contributed by atoms with Crippen molar-refractivity contribution in [3.63, 3.8) is 0 Å². The molecule has 0 amide bonds. The van der Waals surface area contributed by atoms with Gasteiger partial charge in [0.05, 0.1) is 11.6 Å². The van der Waals surface area contributed by atoms with Crippen molar-refractivity contribution >= 4 is 10.1 Å². The average molecular weight is 274 g/mol. The summed E-state index contributed by atoms with van der Waals surface area (Å²) in [5.74, 6) is -0.125. The maximum absolute atomic E-state index is 12.0. The van der Waals surface area contributed by atoms with Gasteiger partial charge in [-0.15, -0.1) is 0 Å². The molecule has 0 aliphatic heterocycles. The summed E-state index contributed by atoms with van der Waals surface area (Å²) in [7, 11) is -3.93. The van der Waals surface area contributed by atoms with E-state index in [1.54, 1.807) is 12.1 Å². The Bertz CT molecular complexity index is 731. The van der Waals surface area contributed by atoms with Crippen LogP contribution in [0, 0.1) is 18.3 Å². The highest BCUT2D eigenvalue weighted by Crippen LogP contribution is 2.17. The Hall–Kier alpha value is -2.39. The van der Waals surface area contributed by atoms with E-state index in [0.29, 0.717) is 0 Å². The van der Waals surface area contributed by atoms with Gasteiger partial charge in [0.2, 0.25) is 5.88 Å². The van der Waals surface area contributed by atoms with Crippen LogP contribution in [0.3, 0.4) is 0 Å². The topological polar surface area (TPSA) is 80.0 Å². The van der Waals surface area contributed by atoms with Gasteiger partial charge in [-0.25, -0.2) is 4.98 Å². The molecule has 5 nitrogen and oxygen atoms in total. The fourth-order valence-electron chi connectivity index (χ4n) is 1.39. The van der Waals surface area contributed by atoms with Crippen molar-refractivity contribution in [2.24, 2.45) is 0 Å². The monoisotopic (exact) mass is 274 g/mol. The molecule has 6 heteroatoms. The van der Waals surface area contributed by atoms with E-state index >= 15 is 0 Å². The molecule has 1 heterocycles. The SMILES string of the molecule is Cc1ccc(S(=O)(=O)Oc2cc(C#N)ccn2)cc1. The molecular formula is C13H10N2O3S. The molecule has 19 heavy (non-hydrogen) atoms. The minimum atomic E-state index is -3.93. The normalized spacial score (nSPS) is 10.7. The number of nitriles is 1. The van der Waals surface area contributed by atoms with Gasteiger partial charge in [0.1, 0.15) is 4.90 Å². The minimum Gasteiger partial charge on any atom is -0.358 e. The lowest BCUT2D eigenvalue weighted by molar-refractivity contribution is 0.476. The molecule has 2 aromatic rings. The second kappa shape index (κ2) is 5.08. The summed E-state index contributed by atoms with van der Waals surface area (Å²) in [6, 6.07) is 10.9. The van der Waals surface area contributed by atoms with Gasteiger partial charge in [-0.05, 0) is 25.1 Å². The van der Waals surface area contributed by atoms with E-state index in [0.717, 1.165) is 5.56 Å². The molecule has 0 fully saturated rings. The third-order valence-electron chi connectivity index (χ3n) is 2.37. The fourth-order valence-corrected chi connectivity index (χ4v) is 2.27.